The minimum absolute atomic E-state index is 0.104. The highest BCUT2D eigenvalue weighted by Crippen LogP contribution is 2.45. The summed E-state index contributed by atoms with van der Waals surface area (Å²) in [5.74, 6) is -0.544. The Labute approximate surface area is 177 Å². The van der Waals surface area contributed by atoms with Gasteiger partial charge in [0.15, 0.2) is 5.13 Å². The average molecular weight is 418 g/mol. The third-order valence-corrected chi connectivity index (χ3v) is 6.16. The van der Waals surface area contributed by atoms with Crippen molar-refractivity contribution in [2.45, 2.75) is 19.5 Å². The second-order valence-corrected chi connectivity index (χ2v) is 8.46. The van der Waals surface area contributed by atoms with Gasteiger partial charge in [-0.15, -0.1) is 11.3 Å². The van der Waals surface area contributed by atoms with Crippen LogP contribution in [0.25, 0.3) is 0 Å². The largest absolute Gasteiger partial charge is 0.313 e. The molecular weight excluding hydrogens is 400 g/mol. The van der Waals surface area contributed by atoms with E-state index in [1.165, 1.54) is 11.3 Å². The normalized spacial score (nSPS) is 16.9. The Hall–Kier alpha value is -3.52. The topological polar surface area (TPSA) is 82.6 Å². The zero-order valence-corrected chi connectivity index (χ0v) is 17.0. The predicted octanol–water partition coefficient (Wildman–Crippen LogP) is 3.60. The van der Waals surface area contributed by atoms with E-state index in [0.29, 0.717) is 21.9 Å². The average Bonchev–Trinajstić information content (AvgIpc) is 3.29. The van der Waals surface area contributed by atoms with Gasteiger partial charge in [-0.25, -0.2) is 4.98 Å². The van der Waals surface area contributed by atoms with Gasteiger partial charge in [0.25, 0.3) is 11.8 Å². The van der Waals surface area contributed by atoms with E-state index in [-0.39, 0.29) is 30.7 Å². The number of thiazole rings is 1. The number of aromatic nitrogens is 1. The first-order valence-electron chi connectivity index (χ1n) is 9.59. The minimum Gasteiger partial charge on any atom is -0.313 e. The van der Waals surface area contributed by atoms with E-state index in [1.807, 2.05) is 31.2 Å². The van der Waals surface area contributed by atoms with Crippen molar-refractivity contribution < 1.29 is 14.4 Å². The molecule has 0 saturated carbocycles. The lowest BCUT2D eigenvalue weighted by Crippen LogP contribution is -2.48. The van der Waals surface area contributed by atoms with Gasteiger partial charge in [-0.2, -0.15) is 0 Å². The van der Waals surface area contributed by atoms with Crippen LogP contribution in [0.1, 0.15) is 43.7 Å². The van der Waals surface area contributed by atoms with Gasteiger partial charge in [0, 0.05) is 35.2 Å². The Morgan fingerprint density at radius 2 is 1.80 bits per heavy atom. The number of hydrogen-bond acceptors (Lipinski definition) is 5. The molecule has 7 nitrogen and oxygen atoms in total. The number of anilines is 2. The molecule has 1 N–H and O–H groups in total. The van der Waals surface area contributed by atoms with Crippen molar-refractivity contribution >= 4 is 39.9 Å². The second-order valence-electron chi connectivity index (χ2n) is 7.23. The molecule has 1 atom stereocenters. The first-order valence-corrected chi connectivity index (χ1v) is 10.4. The van der Waals surface area contributed by atoms with Gasteiger partial charge >= 0.3 is 0 Å². The molecule has 0 unspecified atom stereocenters. The molecule has 3 aromatic rings. The van der Waals surface area contributed by atoms with Gasteiger partial charge in [0.1, 0.15) is 6.17 Å². The summed E-state index contributed by atoms with van der Waals surface area (Å²) in [5, 5.41) is 3.31. The van der Waals surface area contributed by atoms with Crippen LogP contribution in [0.4, 0.5) is 10.8 Å². The first kappa shape index (κ1) is 18.5. The van der Waals surface area contributed by atoms with Crippen LogP contribution in [0.2, 0.25) is 0 Å². The standard InChI is InChI=1S/C22H18N4O3S/c1-13-12-23-22(30-13)24-18(27)10-11-25-19-14-6-2-3-7-15(14)21(29)26(19)17-9-5-4-8-16(17)20(25)28/h2-9,12,19H,10-11H2,1H3,(H,23,24,27)/t19-/m0/s1. The van der Waals surface area contributed by atoms with Crippen LogP contribution in [0.3, 0.4) is 0 Å². The third-order valence-electron chi connectivity index (χ3n) is 5.33. The summed E-state index contributed by atoms with van der Waals surface area (Å²) < 4.78 is 0. The van der Waals surface area contributed by atoms with E-state index in [4.69, 9.17) is 0 Å². The maximum atomic E-state index is 13.3. The van der Waals surface area contributed by atoms with E-state index in [0.717, 1.165) is 10.4 Å². The van der Waals surface area contributed by atoms with Crippen LogP contribution in [0.15, 0.2) is 54.7 Å². The van der Waals surface area contributed by atoms with Crippen molar-refractivity contribution in [3.05, 3.63) is 76.3 Å². The lowest BCUT2D eigenvalue weighted by molar-refractivity contribution is -0.116. The number of carbonyl (C=O) groups excluding carboxylic acids is 3. The van der Waals surface area contributed by atoms with Crippen LogP contribution in [0, 0.1) is 6.92 Å². The minimum atomic E-state index is -0.550. The molecule has 2 aromatic carbocycles. The highest BCUT2D eigenvalue weighted by molar-refractivity contribution is 7.15. The monoisotopic (exact) mass is 418 g/mol. The molecule has 30 heavy (non-hydrogen) atoms. The number of nitrogens with zero attached hydrogens (tertiary/aromatic N) is 3. The molecule has 0 fully saturated rings. The predicted molar refractivity (Wildman–Crippen MR) is 114 cm³/mol. The number of hydrogen-bond donors (Lipinski definition) is 1. The van der Waals surface area contributed by atoms with Crippen LogP contribution < -0.4 is 10.2 Å². The fraction of sp³-hybridized carbons (Fsp3) is 0.182. The zero-order chi connectivity index (χ0) is 20.8. The van der Waals surface area contributed by atoms with E-state index < -0.39 is 6.17 Å². The quantitative estimate of drug-likeness (QED) is 0.702. The van der Waals surface area contributed by atoms with Crippen molar-refractivity contribution in [1.29, 1.82) is 0 Å². The van der Waals surface area contributed by atoms with Crippen LogP contribution in [-0.4, -0.2) is 34.2 Å². The Morgan fingerprint density at radius 3 is 2.57 bits per heavy atom. The highest BCUT2D eigenvalue weighted by atomic mass is 32.1. The number of carbonyl (C=O) groups is 3. The summed E-state index contributed by atoms with van der Waals surface area (Å²) >= 11 is 1.40. The molecule has 0 aliphatic carbocycles. The summed E-state index contributed by atoms with van der Waals surface area (Å²) in [6.07, 6.45) is 1.25. The Morgan fingerprint density at radius 1 is 1.07 bits per heavy atom. The highest BCUT2D eigenvalue weighted by Gasteiger charge is 2.47. The van der Waals surface area contributed by atoms with Gasteiger partial charge in [0.05, 0.1) is 11.3 Å². The SMILES string of the molecule is Cc1cnc(NC(=O)CCN2C(=O)c3ccccc3N3C(=O)c4ccccc4[C@@H]23)s1. The summed E-state index contributed by atoms with van der Waals surface area (Å²) in [7, 11) is 0. The van der Waals surface area contributed by atoms with Crippen LogP contribution in [0.5, 0.6) is 0 Å². The van der Waals surface area contributed by atoms with E-state index in [1.54, 1.807) is 40.3 Å². The van der Waals surface area contributed by atoms with Crippen LogP contribution >= 0.6 is 11.3 Å². The fourth-order valence-electron chi connectivity index (χ4n) is 4.02. The van der Waals surface area contributed by atoms with Gasteiger partial charge in [-0.1, -0.05) is 30.3 Å². The molecule has 3 heterocycles. The maximum Gasteiger partial charge on any atom is 0.260 e. The molecule has 5 rings (SSSR count). The van der Waals surface area contributed by atoms with Crippen molar-refractivity contribution in [3.8, 4) is 0 Å². The van der Waals surface area contributed by atoms with Crippen molar-refractivity contribution in [3.63, 3.8) is 0 Å². The lowest BCUT2D eigenvalue weighted by Gasteiger charge is -2.40. The van der Waals surface area contributed by atoms with Crippen molar-refractivity contribution in [2.75, 3.05) is 16.8 Å². The molecule has 2 aliphatic rings. The van der Waals surface area contributed by atoms with Gasteiger partial charge in [0.2, 0.25) is 5.91 Å². The Kier molecular flexibility index (Phi) is 4.36. The zero-order valence-electron chi connectivity index (χ0n) is 16.2. The van der Waals surface area contributed by atoms with Gasteiger partial charge in [-0.05, 0) is 25.1 Å². The number of rotatable bonds is 4. The molecule has 0 radical (unpaired) electrons. The number of nitrogens with one attached hydrogen (secondary N) is 1. The molecule has 0 bridgehead atoms. The molecule has 3 amide bonds. The number of fused-ring (bicyclic) bond motifs is 5. The maximum absolute atomic E-state index is 13.3. The van der Waals surface area contributed by atoms with E-state index in [9.17, 15) is 14.4 Å². The number of benzene rings is 2. The first-order chi connectivity index (χ1) is 14.5. The summed E-state index contributed by atoms with van der Waals surface area (Å²) in [5.41, 5.74) is 2.43. The number of aryl methyl sites for hydroxylation is 1. The summed E-state index contributed by atoms with van der Waals surface area (Å²) in [4.78, 5) is 47.3. The summed E-state index contributed by atoms with van der Waals surface area (Å²) in [6, 6.07) is 14.4. The second kappa shape index (κ2) is 7.07. The molecule has 1 aromatic heterocycles. The van der Waals surface area contributed by atoms with E-state index in [2.05, 4.69) is 10.3 Å². The molecule has 8 heteroatoms. The third kappa shape index (κ3) is 2.88. The van der Waals surface area contributed by atoms with Crippen molar-refractivity contribution in [2.24, 2.45) is 0 Å². The fourth-order valence-corrected chi connectivity index (χ4v) is 4.70. The lowest BCUT2D eigenvalue weighted by atomic mass is 10.0. The summed E-state index contributed by atoms with van der Waals surface area (Å²) in [6.45, 7) is 2.10. The number of amides is 3. The molecule has 150 valence electrons. The Bertz CT molecular complexity index is 1190. The number of para-hydroxylation sites is 1. The van der Waals surface area contributed by atoms with Crippen LogP contribution in [-0.2, 0) is 4.79 Å². The molecule has 0 spiro atoms. The van der Waals surface area contributed by atoms with Gasteiger partial charge < -0.3 is 10.2 Å². The smallest absolute Gasteiger partial charge is 0.260 e. The molecular formula is C22H18N4O3S. The molecule has 0 saturated heterocycles. The Balaban J connectivity index is 1.46. The molecule has 2 aliphatic heterocycles. The van der Waals surface area contributed by atoms with Gasteiger partial charge in [-0.3, -0.25) is 19.3 Å². The van der Waals surface area contributed by atoms with Crippen molar-refractivity contribution in [1.82, 2.24) is 9.88 Å². The van der Waals surface area contributed by atoms with E-state index >= 15 is 0 Å².